The maximum absolute atomic E-state index is 11.0. The van der Waals surface area contributed by atoms with E-state index in [0.29, 0.717) is 4.90 Å². The van der Waals surface area contributed by atoms with Crippen LogP contribution in [0.2, 0.25) is 0 Å². The number of carbonyl (C=O) groups is 1. The van der Waals surface area contributed by atoms with Crippen molar-refractivity contribution < 1.29 is 41.0 Å². The number of aryl methyl sites for hydroxylation is 1. The zero-order valence-corrected chi connectivity index (χ0v) is 14.7. The van der Waals surface area contributed by atoms with Gasteiger partial charge >= 0.3 is 37.1 Å². The van der Waals surface area contributed by atoms with Crippen LogP contribution < -0.4 is 0 Å². The number of hydrogen-bond acceptors (Lipinski definition) is 3. The predicted molar refractivity (Wildman–Crippen MR) is 65.3 cm³/mol. The molecule has 0 aliphatic rings. The Morgan fingerprint density at radius 1 is 1.39 bits per heavy atom. The molecule has 0 saturated heterocycles. The minimum Gasteiger partial charge on any atom is -0.478 e. The van der Waals surface area contributed by atoms with Crippen molar-refractivity contribution in [3.63, 3.8) is 0 Å². The molecule has 1 aromatic carbocycles. The normalized spacial score (nSPS) is 9.61. The fourth-order valence-corrected chi connectivity index (χ4v) is 2.33. The summed E-state index contributed by atoms with van der Waals surface area (Å²) in [4.78, 5) is 16.6. The van der Waals surface area contributed by atoms with Gasteiger partial charge in [-0.05, 0) is 6.07 Å². The Kier molecular flexibility index (Phi) is 5.94. The van der Waals surface area contributed by atoms with Gasteiger partial charge in [0.1, 0.15) is 0 Å². The maximum atomic E-state index is 11.0. The first kappa shape index (κ1) is 15.3. The van der Waals surface area contributed by atoms with E-state index in [9.17, 15) is 4.79 Å². The van der Waals surface area contributed by atoms with Gasteiger partial charge in [0.25, 0.3) is 0 Å². The summed E-state index contributed by atoms with van der Waals surface area (Å²) in [5.74, 6) is -0.938. The molecule has 0 radical (unpaired) electrons. The Bertz CT molecular complexity index is 560. The Labute approximate surface area is 133 Å². The molecule has 18 heavy (non-hydrogen) atoms. The molecule has 0 atom stereocenters. The molecule has 1 N–H and O–H groups in total. The van der Waals surface area contributed by atoms with Crippen LogP contribution in [0, 0.1) is 44.1 Å². The number of benzene rings is 1. The van der Waals surface area contributed by atoms with Crippen molar-refractivity contribution in [2.45, 2.75) is 16.7 Å². The third kappa shape index (κ3) is 3.62. The minimum atomic E-state index is -0.938. The predicted octanol–water partition coefficient (Wildman–Crippen LogP) is 3.04. The van der Waals surface area contributed by atoms with Crippen LogP contribution >= 0.6 is 11.8 Å². The Hall–Kier alpha value is -0.758. The second-order valence-electron chi connectivity index (χ2n) is 3.47. The van der Waals surface area contributed by atoms with E-state index in [4.69, 9.17) is 5.11 Å². The number of nitrogens with zero attached hydrogens (tertiary/aromatic N) is 1. The standard InChI is InChI=1S/C13H10NO2S.U/c1-9-4-2-3-5-11(9)17-12-8-14-7-6-10(12)13(15)16;/h2,4-8H,1H3,(H,15,16);/q-1;+2. The molecule has 5 heteroatoms. The number of hydrogen-bond donors (Lipinski definition) is 1. The summed E-state index contributed by atoms with van der Waals surface area (Å²) in [5, 5.41) is 9.06. The van der Waals surface area contributed by atoms with Gasteiger partial charge in [-0.1, -0.05) is 11.8 Å². The zero-order valence-electron chi connectivity index (χ0n) is 9.68. The van der Waals surface area contributed by atoms with Crippen molar-refractivity contribution in [3.8, 4) is 0 Å². The van der Waals surface area contributed by atoms with Crippen molar-refractivity contribution in [1.29, 1.82) is 0 Å². The van der Waals surface area contributed by atoms with Gasteiger partial charge in [-0.25, -0.2) is 4.79 Å². The van der Waals surface area contributed by atoms with Crippen LogP contribution in [0.3, 0.4) is 0 Å². The average molecular weight is 482 g/mol. The van der Waals surface area contributed by atoms with Crippen molar-refractivity contribution in [2.75, 3.05) is 0 Å². The largest absolute Gasteiger partial charge is 2.00 e. The number of carboxylic acids is 1. The first-order valence-corrected chi connectivity index (χ1v) is 5.82. The van der Waals surface area contributed by atoms with Crippen LogP contribution in [0.5, 0.6) is 0 Å². The smallest absolute Gasteiger partial charge is 0.478 e. The van der Waals surface area contributed by atoms with Gasteiger partial charge < -0.3 is 5.11 Å². The van der Waals surface area contributed by atoms with Crippen LogP contribution in [0.25, 0.3) is 0 Å². The van der Waals surface area contributed by atoms with E-state index in [1.54, 1.807) is 6.20 Å². The topological polar surface area (TPSA) is 50.2 Å². The third-order valence-electron chi connectivity index (χ3n) is 2.27. The summed E-state index contributed by atoms with van der Waals surface area (Å²) in [5.41, 5.74) is 1.36. The van der Waals surface area contributed by atoms with Gasteiger partial charge in [-0.15, -0.1) is 5.56 Å². The van der Waals surface area contributed by atoms with Crippen molar-refractivity contribution in [3.05, 3.63) is 53.9 Å². The van der Waals surface area contributed by atoms with E-state index in [1.807, 2.05) is 25.1 Å². The second kappa shape index (κ2) is 6.99. The number of carboxylic acid groups (broad SMARTS) is 1. The maximum Gasteiger partial charge on any atom is 2.00 e. The summed E-state index contributed by atoms with van der Waals surface area (Å²) < 4.78 is 0. The molecule has 0 spiro atoms. The third-order valence-corrected chi connectivity index (χ3v) is 3.47. The molecule has 0 fully saturated rings. The first-order valence-electron chi connectivity index (χ1n) is 5.00. The summed E-state index contributed by atoms with van der Waals surface area (Å²) in [6.07, 6.45) is 3.05. The first-order chi connectivity index (χ1) is 8.18. The molecule has 0 saturated carbocycles. The van der Waals surface area contributed by atoms with Gasteiger partial charge in [-0.3, -0.25) is 4.98 Å². The SMILES string of the molecule is Cc1cc[c-]cc1Sc1cnccc1C(=O)O.[U+2]. The van der Waals surface area contributed by atoms with E-state index in [-0.39, 0.29) is 36.7 Å². The van der Waals surface area contributed by atoms with Gasteiger partial charge in [0.2, 0.25) is 0 Å². The molecule has 88 valence electrons. The molecule has 1 heterocycles. The van der Waals surface area contributed by atoms with Crippen LogP contribution in [-0.4, -0.2) is 16.1 Å². The van der Waals surface area contributed by atoms with Gasteiger partial charge in [0, 0.05) is 17.3 Å². The molecular formula is C13H10NO2SU+. The molecule has 0 aliphatic heterocycles. The van der Waals surface area contributed by atoms with E-state index in [0.717, 1.165) is 10.5 Å². The number of rotatable bonds is 3. The molecule has 0 bridgehead atoms. The fourth-order valence-electron chi connectivity index (χ4n) is 1.36. The van der Waals surface area contributed by atoms with Crippen molar-refractivity contribution >= 4 is 17.7 Å². The summed E-state index contributed by atoms with van der Waals surface area (Å²) in [6, 6.07) is 10.1. The van der Waals surface area contributed by atoms with E-state index >= 15 is 0 Å². The monoisotopic (exact) mass is 482 g/mol. The Balaban J connectivity index is 0.00000162. The summed E-state index contributed by atoms with van der Waals surface area (Å²) >= 11 is 1.39. The zero-order chi connectivity index (χ0) is 12.3. The van der Waals surface area contributed by atoms with Gasteiger partial charge in [0.05, 0.1) is 5.56 Å². The van der Waals surface area contributed by atoms with Gasteiger partial charge in [-0.2, -0.15) is 36.0 Å². The van der Waals surface area contributed by atoms with E-state index in [1.165, 1.54) is 24.0 Å². The van der Waals surface area contributed by atoms with E-state index in [2.05, 4.69) is 11.1 Å². The fraction of sp³-hybridized carbons (Fsp3) is 0.0769. The Morgan fingerprint density at radius 3 is 2.83 bits per heavy atom. The average Bonchev–Trinajstić information content (AvgIpc) is 2.32. The number of aromatic carboxylic acids is 1. The molecule has 0 unspecified atom stereocenters. The van der Waals surface area contributed by atoms with Crippen LogP contribution in [0.4, 0.5) is 0 Å². The quantitative estimate of drug-likeness (QED) is 0.684. The van der Waals surface area contributed by atoms with Crippen LogP contribution in [-0.2, 0) is 0 Å². The molecule has 0 amide bonds. The van der Waals surface area contributed by atoms with Crippen LogP contribution in [0.15, 0.2) is 46.5 Å². The molecule has 1 aromatic heterocycles. The molecular weight excluding hydrogens is 472 g/mol. The molecule has 2 aromatic rings. The molecule has 3 nitrogen and oxygen atoms in total. The molecule has 0 aliphatic carbocycles. The molecule has 2 rings (SSSR count). The van der Waals surface area contributed by atoms with Crippen molar-refractivity contribution in [1.82, 2.24) is 4.98 Å². The number of aromatic nitrogens is 1. The number of pyridine rings is 1. The van der Waals surface area contributed by atoms with Crippen LogP contribution in [0.1, 0.15) is 15.9 Å². The minimum absolute atomic E-state index is 0. The Morgan fingerprint density at radius 2 is 2.17 bits per heavy atom. The second-order valence-corrected chi connectivity index (χ2v) is 4.55. The summed E-state index contributed by atoms with van der Waals surface area (Å²) in [7, 11) is 0. The van der Waals surface area contributed by atoms with Crippen molar-refractivity contribution in [2.24, 2.45) is 0 Å². The van der Waals surface area contributed by atoms with E-state index < -0.39 is 5.97 Å². The summed E-state index contributed by atoms with van der Waals surface area (Å²) in [6.45, 7) is 1.98. The van der Waals surface area contributed by atoms with Gasteiger partial charge in [0.15, 0.2) is 0 Å².